The van der Waals surface area contributed by atoms with E-state index in [-0.39, 0.29) is 11.4 Å². The van der Waals surface area contributed by atoms with Crippen LogP contribution in [0.5, 0.6) is 0 Å². The van der Waals surface area contributed by atoms with Gasteiger partial charge in [0.15, 0.2) is 0 Å². The molecular formula is C20H15NO5S. The number of esters is 1. The highest BCUT2D eigenvalue weighted by atomic mass is 32.2. The number of furan rings is 1. The molecule has 2 heterocycles. The summed E-state index contributed by atoms with van der Waals surface area (Å²) >= 11 is 0.824. The van der Waals surface area contributed by atoms with Crippen LogP contribution in [-0.4, -0.2) is 35.7 Å². The highest BCUT2D eigenvalue weighted by molar-refractivity contribution is 8.18. The summed E-state index contributed by atoms with van der Waals surface area (Å²) in [5.41, 5.74) is 2.10. The molecule has 2 aromatic rings. The second-order valence-electron chi connectivity index (χ2n) is 5.70. The number of carbonyl (C=O) groups is 3. The number of terminal acetylenes is 1. The molecule has 27 heavy (non-hydrogen) atoms. The van der Waals surface area contributed by atoms with E-state index in [9.17, 15) is 14.4 Å². The SMILES string of the molecule is C#CCN1C(=O)S/C(=C/c2ccc(-c3ccc(C(=O)OC)cc3C)o2)C1=O. The van der Waals surface area contributed by atoms with Crippen LogP contribution in [0, 0.1) is 19.3 Å². The van der Waals surface area contributed by atoms with Crippen LogP contribution in [0.4, 0.5) is 4.79 Å². The van der Waals surface area contributed by atoms with Crippen LogP contribution in [-0.2, 0) is 9.53 Å². The monoisotopic (exact) mass is 381 g/mol. The fraction of sp³-hybridized carbons (Fsp3) is 0.150. The molecule has 1 aliphatic heterocycles. The van der Waals surface area contributed by atoms with Gasteiger partial charge >= 0.3 is 5.97 Å². The number of hydrogen-bond donors (Lipinski definition) is 0. The topological polar surface area (TPSA) is 76.8 Å². The largest absolute Gasteiger partial charge is 0.465 e. The number of aryl methyl sites for hydroxylation is 1. The highest BCUT2D eigenvalue weighted by Gasteiger charge is 2.34. The second kappa shape index (κ2) is 7.56. The van der Waals surface area contributed by atoms with Gasteiger partial charge in [-0.15, -0.1) is 6.42 Å². The maximum Gasteiger partial charge on any atom is 0.337 e. The molecule has 3 rings (SSSR count). The van der Waals surface area contributed by atoms with E-state index in [2.05, 4.69) is 5.92 Å². The highest BCUT2D eigenvalue weighted by Crippen LogP contribution is 2.33. The van der Waals surface area contributed by atoms with Gasteiger partial charge in [-0.1, -0.05) is 12.0 Å². The van der Waals surface area contributed by atoms with Gasteiger partial charge < -0.3 is 9.15 Å². The summed E-state index contributed by atoms with van der Waals surface area (Å²) in [6.45, 7) is 1.80. The molecule has 0 aliphatic carbocycles. The molecule has 1 aromatic carbocycles. The van der Waals surface area contributed by atoms with Gasteiger partial charge in [0, 0.05) is 11.6 Å². The fourth-order valence-corrected chi connectivity index (χ4v) is 3.44. The Kier molecular flexibility index (Phi) is 5.19. The maximum absolute atomic E-state index is 12.2. The molecule has 1 fully saturated rings. The van der Waals surface area contributed by atoms with Crippen molar-refractivity contribution < 1.29 is 23.5 Å². The number of methoxy groups -OCH3 is 1. The number of benzene rings is 1. The van der Waals surface area contributed by atoms with Crippen LogP contribution in [0.1, 0.15) is 21.7 Å². The van der Waals surface area contributed by atoms with Crippen molar-refractivity contribution in [3.05, 3.63) is 52.1 Å². The molecule has 136 valence electrons. The molecular weight excluding hydrogens is 366 g/mol. The third kappa shape index (κ3) is 3.66. The van der Waals surface area contributed by atoms with Gasteiger partial charge in [-0.2, -0.15) is 0 Å². The molecule has 2 amide bonds. The standard InChI is InChI=1S/C20H15NO5S/c1-4-9-21-18(22)17(27-20(21)24)11-14-6-8-16(26-14)15-7-5-13(10-12(15)2)19(23)25-3/h1,5-8,10-11H,9H2,2-3H3/b17-11+. The van der Waals surface area contributed by atoms with Crippen LogP contribution in [0.25, 0.3) is 17.4 Å². The van der Waals surface area contributed by atoms with Crippen molar-refractivity contribution in [1.82, 2.24) is 4.90 Å². The Labute approximate surface area is 160 Å². The van der Waals surface area contributed by atoms with Gasteiger partial charge in [-0.25, -0.2) is 4.79 Å². The van der Waals surface area contributed by atoms with Crippen molar-refractivity contribution in [2.75, 3.05) is 13.7 Å². The number of thioether (sulfide) groups is 1. The lowest BCUT2D eigenvalue weighted by molar-refractivity contribution is -0.122. The molecule has 0 bridgehead atoms. The zero-order valence-electron chi connectivity index (χ0n) is 14.6. The number of ether oxygens (including phenoxy) is 1. The smallest absolute Gasteiger partial charge is 0.337 e. The molecule has 0 N–H and O–H groups in total. The molecule has 1 aliphatic rings. The molecule has 7 heteroatoms. The number of imide groups is 1. The van der Waals surface area contributed by atoms with E-state index in [0.29, 0.717) is 17.1 Å². The van der Waals surface area contributed by atoms with Gasteiger partial charge in [-0.05, 0) is 48.5 Å². The summed E-state index contributed by atoms with van der Waals surface area (Å²) in [4.78, 5) is 36.9. The summed E-state index contributed by atoms with van der Waals surface area (Å²) < 4.78 is 10.5. The van der Waals surface area contributed by atoms with E-state index in [1.807, 2.05) is 6.92 Å². The second-order valence-corrected chi connectivity index (χ2v) is 6.69. The van der Waals surface area contributed by atoms with E-state index in [1.54, 1.807) is 30.3 Å². The third-order valence-corrected chi connectivity index (χ3v) is 4.84. The lowest BCUT2D eigenvalue weighted by Crippen LogP contribution is -2.28. The fourth-order valence-electron chi connectivity index (χ4n) is 2.62. The Hall–Kier alpha value is -3.24. The first-order valence-corrected chi connectivity index (χ1v) is 8.74. The summed E-state index contributed by atoms with van der Waals surface area (Å²) in [5, 5.41) is -0.398. The molecule has 0 unspecified atom stereocenters. The number of nitrogens with zero attached hydrogens (tertiary/aromatic N) is 1. The minimum Gasteiger partial charge on any atom is -0.465 e. The normalized spacial score (nSPS) is 15.3. The van der Waals surface area contributed by atoms with Gasteiger partial charge in [0.25, 0.3) is 11.1 Å². The average molecular weight is 381 g/mol. The zero-order valence-corrected chi connectivity index (χ0v) is 15.5. The average Bonchev–Trinajstić information content (AvgIpc) is 3.21. The maximum atomic E-state index is 12.2. The van der Waals surface area contributed by atoms with E-state index >= 15 is 0 Å². The van der Waals surface area contributed by atoms with Crippen LogP contribution in [0.3, 0.4) is 0 Å². The minimum absolute atomic E-state index is 0.0584. The van der Waals surface area contributed by atoms with Gasteiger partial charge in [0.05, 0.1) is 24.1 Å². The summed E-state index contributed by atoms with van der Waals surface area (Å²) in [6.07, 6.45) is 6.70. The minimum atomic E-state index is -0.431. The summed E-state index contributed by atoms with van der Waals surface area (Å²) in [5.74, 6) is 2.47. The van der Waals surface area contributed by atoms with E-state index < -0.39 is 17.1 Å². The predicted octanol–water partition coefficient (Wildman–Crippen LogP) is 3.71. The van der Waals surface area contributed by atoms with Crippen LogP contribution in [0.2, 0.25) is 0 Å². The van der Waals surface area contributed by atoms with Gasteiger partial charge in [0.2, 0.25) is 0 Å². The molecule has 0 atom stereocenters. The quantitative estimate of drug-likeness (QED) is 0.456. The number of hydrogen-bond acceptors (Lipinski definition) is 6. The van der Waals surface area contributed by atoms with Crippen LogP contribution < -0.4 is 0 Å². The van der Waals surface area contributed by atoms with E-state index in [4.69, 9.17) is 15.6 Å². The number of carbonyl (C=O) groups excluding carboxylic acids is 3. The van der Waals surface area contributed by atoms with Crippen LogP contribution in [0.15, 0.2) is 39.7 Å². The van der Waals surface area contributed by atoms with E-state index in [0.717, 1.165) is 27.8 Å². The first kappa shape index (κ1) is 18.5. The van der Waals surface area contributed by atoms with Crippen LogP contribution >= 0.6 is 11.8 Å². The number of rotatable bonds is 4. The Bertz CT molecular complexity index is 1010. The Balaban J connectivity index is 1.86. The van der Waals surface area contributed by atoms with Gasteiger partial charge in [0.1, 0.15) is 11.5 Å². The van der Waals surface area contributed by atoms with E-state index in [1.165, 1.54) is 13.2 Å². The Morgan fingerprint density at radius 2 is 2.11 bits per heavy atom. The van der Waals surface area contributed by atoms with Crippen molar-refractivity contribution in [2.24, 2.45) is 0 Å². The molecule has 1 aromatic heterocycles. The predicted molar refractivity (Wildman–Crippen MR) is 102 cm³/mol. The first-order valence-electron chi connectivity index (χ1n) is 7.92. The van der Waals surface area contributed by atoms with Gasteiger partial charge in [-0.3, -0.25) is 14.5 Å². The third-order valence-electron chi connectivity index (χ3n) is 3.94. The molecule has 6 nitrogen and oxygen atoms in total. The number of amides is 2. The van der Waals surface area contributed by atoms with Crippen molar-refractivity contribution in [2.45, 2.75) is 6.92 Å². The summed E-state index contributed by atoms with van der Waals surface area (Å²) in [6, 6.07) is 8.61. The molecule has 0 spiro atoms. The molecule has 0 saturated carbocycles. The zero-order chi connectivity index (χ0) is 19.6. The Morgan fingerprint density at radius 1 is 1.33 bits per heavy atom. The summed E-state index contributed by atoms with van der Waals surface area (Å²) in [7, 11) is 1.33. The lowest BCUT2D eigenvalue weighted by Gasteiger charge is -2.06. The lowest BCUT2D eigenvalue weighted by atomic mass is 10.0. The van der Waals surface area contributed by atoms with Crippen molar-refractivity contribution in [3.8, 4) is 23.7 Å². The van der Waals surface area contributed by atoms with Crippen molar-refractivity contribution in [3.63, 3.8) is 0 Å². The molecule has 1 saturated heterocycles. The Morgan fingerprint density at radius 3 is 2.78 bits per heavy atom. The molecule has 0 radical (unpaired) electrons. The van der Waals surface area contributed by atoms with Crippen molar-refractivity contribution in [1.29, 1.82) is 0 Å². The first-order chi connectivity index (χ1) is 12.9. The van der Waals surface area contributed by atoms with Crippen molar-refractivity contribution >= 4 is 35.0 Å².